The Morgan fingerprint density at radius 1 is 1.19 bits per heavy atom. The van der Waals surface area contributed by atoms with E-state index in [4.69, 9.17) is 4.74 Å². The number of nitrogens with zero attached hydrogens (tertiary/aromatic N) is 3. The van der Waals surface area contributed by atoms with Crippen molar-refractivity contribution in [1.82, 2.24) is 20.4 Å². The molecule has 1 aromatic heterocycles. The number of guanidine groups is 1. The van der Waals surface area contributed by atoms with E-state index in [9.17, 15) is 0 Å². The molecule has 0 aliphatic heterocycles. The van der Waals surface area contributed by atoms with Gasteiger partial charge in [-0.1, -0.05) is 12.1 Å². The van der Waals surface area contributed by atoms with Crippen LogP contribution in [0.4, 0.5) is 0 Å². The van der Waals surface area contributed by atoms with Crippen LogP contribution in [0.25, 0.3) is 0 Å². The lowest BCUT2D eigenvalue weighted by Crippen LogP contribution is -2.39. The van der Waals surface area contributed by atoms with Crippen LogP contribution in [0.2, 0.25) is 0 Å². The van der Waals surface area contributed by atoms with Crippen molar-refractivity contribution in [3.8, 4) is 5.75 Å². The topological polar surface area (TPSA) is 63.5 Å². The zero-order chi connectivity index (χ0) is 18.8. The van der Waals surface area contributed by atoms with Gasteiger partial charge in [-0.2, -0.15) is 5.10 Å². The molecule has 26 heavy (non-hydrogen) atoms. The van der Waals surface area contributed by atoms with Crippen molar-refractivity contribution < 1.29 is 4.74 Å². The molecule has 0 atom stereocenters. The van der Waals surface area contributed by atoms with Gasteiger partial charge in [0.15, 0.2) is 5.96 Å². The quantitative estimate of drug-likeness (QED) is 0.411. The van der Waals surface area contributed by atoms with Gasteiger partial charge in [0, 0.05) is 25.3 Å². The number of nitrogens with one attached hydrogen (secondary N) is 2. The third kappa shape index (κ3) is 6.78. The number of hydrogen-bond acceptors (Lipinski definition) is 3. The van der Waals surface area contributed by atoms with Crippen molar-refractivity contribution in [3.63, 3.8) is 0 Å². The van der Waals surface area contributed by atoms with Crippen molar-refractivity contribution in [3.05, 3.63) is 47.3 Å². The highest BCUT2D eigenvalue weighted by atomic mass is 16.5. The molecule has 1 heterocycles. The Balaban J connectivity index is 1.71. The number of aromatic nitrogens is 2. The molecule has 0 radical (unpaired) electrons. The molecule has 2 rings (SSSR count). The van der Waals surface area contributed by atoms with Crippen LogP contribution in [0.15, 0.2) is 35.3 Å². The summed E-state index contributed by atoms with van der Waals surface area (Å²) in [5, 5.41) is 11.1. The number of aryl methyl sites for hydroxylation is 4. The van der Waals surface area contributed by atoms with Crippen molar-refractivity contribution in [2.45, 2.75) is 40.7 Å². The lowest BCUT2D eigenvalue weighted by molar-refractivity contribution is 0.321. The average molecular weight is 358 g/mol. The number of aliphatic imine (C=N–C) groups is 1. The van der Waals surface area contributed by atoms with E-state index in [1.165, 1.54) is 11.3 Å². The first-order chi connectivity index (χ1) is 12.6. The highest BCUT2D eigenvalue weighted by Crippen LogP contribution is 2.11. The second-order valence-electron chi connectivity index (χ2n) is 6.36. The van der Waals surface area contributed by atoms with Crippen LogP contribution in [0.3, 0.4) is 0 Å². The highest BCUT2D eigenvalue weighted by molar-refractivity contribution is 5.79. The van der Waals surface area contributed by atoms with Crippen LogP contribution in [-0.2, 0) is 6.54 Å². The predicted molar refractivity (Wildman–Crippen MR) is 107 cm³/mol. The lowest BCUT2D eigenvalue weighted by atomic mass is 10.2. The summed E-state index contributed by atoms with van der Waals surface area (Å²) in [6, 6.07) is 10.2. The zero-order valence-electron chi connectivity index (χ0n) is 16.4. The van der Waals surface area contributed by atoms with Crippen molar-refractivity contribution in [2.24, 2.45) is 4.99 Å². The van der Waals surface area contributed by atoms with Gasteiger partial charge in [-0.3, -0.25) is 9.67 Å². The Hall–Kier alpha value is -2.50. The molecule has 2 aromatic rings. The lowest BCUT2D eigenvalue weighted by Gasteiger charge is -2.12. The Morgan fingerprint density at radius 2 is 2.04 bits per heavy atom. The van der Waals surface area contributed by atoms with Gasteiger partial charge in [0.2, 0.25) is 0 Å². The fourth-order valence-electron chi connectivity index (χ4n) is 2.70. The second kappa shape index (κ2) is 10.5. The standard InChI is InChI=1S/C20H31N5O/c1-5-21-20(22-10-7-12-25-18(4)15-17(3)24-25)23-11-13-26-19-9-6-8-16(2)14-19/h6,8-9,14-15H,5,7,10-13H2,1-4H3,(H2,21,22,23). The fourth-order valence-corrected chi connectivity index (χ4v) is 2.70. The van der Waals surface area contributed by atoms with Crippen molar-refractivity contribution >= 4 is 5.96 Å². The van der Waals surface area contributed by atoms with E-state index in [1.807, 2.05) is 29.8 Å². The van der Waals surface area contributed by atoms with Gasteiger partial charge >= 0.3 is 0 Å². The monoisotopic (exact) mass is 357 g/mol. The molecule has 1 aromatic carbocycles. The van der Waals surface area contributed by atoms with E-state index in [-0.39, 0.29) is 0 Å². The summed E-state index contributed by atoms with van der Waals surface area (Å²) < 4.78 is 7.80. The number of rotatable bonds is 9. The smallest absolute Gasteiger partial charge is 0.191 e. The molecule has 0 saturated heterocycles. The first-order valence-electron chi connectivity index (χ1n) is 9.31. The first kappa shape index (κ1) is 19.8. The zero-order valence-corrected chi connectivity index (χ0v) is 16.4. The molecule has 0 amide bonds. The minimum atomic E-state index is 0.597. The van der Waals surface area contributed by atoms with Gasteiger partial charge in [0.25, 0.3) is 0 Å². The SMILES string of the molecule is CCNC(=NCCCn1nc(C)cc1C)NCCOc1cccc(C)c1. The van der Waals surface area contributed by atoms with Crippen LogP contribution in [0.1, 0.15) is 30.3 Å². The molecule has 0 spiro atoms. The van der Waals surface area contributed by atoms with Crippen LogP contribution < -0.4 is 15.4 Å². The summed E-state index contributed by atoms with van der Waals surface area (Å²) in [6.45, 7) is 12.0. The van der Waals surface area contributed by atoms with E-state index >= 15 is 0 Å². The van der Waals surface area contributed by atoms with Gasteiger partial charge in [0.1, 0.15) is 12.4 Å². The van der Waals surface area contributed by atoms with Gasteiger partial charge in [-0.05, 0) is 57.9 Å². The summed E-state index contributed by atoms with van der Waals surface area (Å²) in [4.78, 5) is 4.62. The molecule has 0 aliphatic carbocycles. The summed E-state index contributed by atoms with van der Waals surface area (Å²) in [7, 11) is 0. The van der Waals surface area contributed by atoms with Gasteiger partial charge in [0.05, 0.1) is 12.2 Å². The van der Waals surface area contributed by atoms with E-state index in [1.54, 1.807) is 0 Å². The van der Waals surface area contributed by atoms with E-state index in [0.29, 0.717) is 13.2 Å². The fraction of sp³-hybridized carbons (Fsp3) is 0.500. The van der Waals surface area contributed by atoms with Crippen LogP contribution in [0.5, 0.6) is 5.75 Å². The number of hydrogen-bond donors (Lipinski definition) is 2. The van der Waals surface area contributed by atoms with Crippen LogP contribution in [-0.4, -0.2) is 42.0 Å². The first-order valence-corrected chi connectivity index (χ1v) is 9.31. The van der Waals surface area contributed by atoms with Crippen LogP contribution in [0, 0.1) is 20.8 Å². The second-order valence-corrected chi connectivity index (χ2v) is 6.36. The molecule has 0 bridgehead atoms. The third-order valence-electron chi connectivity index (χ3n) is 3.90. The Morgan fingerprint density at radius 3 is 2.73 bits per heavy atom. The molecule has 0 unspecified atom stereocenters. The average Bonchev–Trinajstić information content (AvgIpc) is 2.93. The third-order valence-corrected chi connectivity index (χ3v) is 3.90. The van der Waals surface area contributed by atoms with E-state index in [2.05, 4.69) is 53.6 Å². The maximum absolute atomic E-state index is 5.76. The summed E-state index contributed by atoms with van der Waals surface area (Å²) in [5.41, 5.74) is 3.47. The molecular formula is C20H31N5O. The Kier molecular flexibility index (Phi) is 7.99. The molecule has 2 N–H and O–H groups in total. The molecule has 6 heteroatoms. The molecule has 6 nitrogen and oxygen atoms in total. The maximum atomic E-state index is 5.76. The highest BCUT2D eigenvalue weighted by Gasteiger charge is 2.01. The molecule has 0 aliphatic rings. The Bertz CT molecular complexity index is 708. The minimum Gasteiger partial charge on any atom is -0.492 e. The van der Waals surface area contributed by atoms with Crippen molar-refractivity contribution in [1.29, 1.82) is 0 Å². The Labute approximate surface area is 156 Å². The maximum Gasteiger partial charge on any atom is 0.191 e. The minimum absolute atomic E-state index is 0.597. The normalized spacial score (nSPS) is 11.5. The molecule has 0 fully saturated rings. The summed E-state index contributed by atoms with van der Waals surface area (Å²) >= 11 is 0. The molecule has 142 valence electrons. The van der Waals surface area contributed by atoms with E-state index < -0.39 is 0 Å². The predicted octanol–water partition coefficient (Wildman–Crippen LogP) is 2.83. The van der Waals surface area contributed by atoms with Gasteiger partial charge in [-0.15, -0.1) is 0 Å². The van der Waals surface area contributed by atoms with E-state index in [0.717, 1.165) is 43.5 Å². The van der Waals surface area contributed by atoms with Gasteiger partial charge < -0.3 is 15.4 Å². The largest absolute Gasteiger partial charge is 0.492 e. The number of ether oxygens (including phenoxy) is 1. The molecule has 0 saturated carbocycles. The summed E-state index contributed by atoms with van der Waals surface area (Å²) in [6.07, 6.45) is 0.957. The van der Waals surface area contributed by atoms with Gasteiger partial charge in [-0.25, -0.2) is 0 Å². The van der Waals surface area contributed by atoms with Crippen LogP contribution >= 0.6 is 0 Å². The number of benzene rings is 1. The van der Waals surface area contributed by atoms with Crippen molar-refractivity contribution in [2.75, 3.05) is 26.2 Å². The molecular weight excluding hydrogens is 326 g/mol. The summed E-state index contributed by atoms with van der Waals surface area (Å²) in [5.74, 6) is 1.73.